The minimum absolute atomic E-state index is 0.0766. The van der Waals surface area contributed by atoms with E-state index in [2.05, 4.69) is 28.6 Å². The fourth-order valence-electron chi connectivity index (χ4n) is 2.39. The highest BCUT2D eigenvalue weighted by Gasteiger charge is 2.27. The van der Waals surface area contributed by atoms with Gasteiger partial charge in [-0.3, -0.25) is 14.5 Å². The quantitative estimate of drug-likeness (QED) is 0.635. The number of aliphatic imine (C=N–C) groups is 1. The lowest BCUT2D eigenvalue weighted by atomic mass is 10.3. The van der Waals surface area contributed by atoms with E-state index < -0.39 is 0 Å². The monoisotopic (exact) mass is 338 g/mol. The standard InChI is InChI=1S/C15H26N6OS/c1-5-16-15(17-8-12(2)23-4)20-6-7-21(14(22)11-20)13-9-18-19(3)10-13/h9-10,12H,5-8,11H2,1-4H3,(H,16,17). The molecule has 0 aliphatic carbocycles. The Labute approximate surface area is 142 Å². The van der Waals surface area contributed by atoms with Crippen LogP contribution in [0.2, 0.25) is 0 Å². The van der Waals surface area contributed by atoms with Crippen molar-refractivity contribution in [2.75, 3.05) is 43.9 Å². The van der Waals surface area contributed by atoms with Crippen LogP contribution in [0.15, 0.2) is 17.4 Å². The zero-order valence-corrected chi connectivity index (χ0v) is 15.1. The van der Waals surface area contributed by atoms with E-state index >= 15 is 0 Å². The molecule has 8 heteroatoms. The molecule has 1 atom stereocenters. The third kappa shape index (κ3) is 4.63. The lowest BCUT2D eigenvalue weighted by Gasteiger charge is -2.35. The van der Waals surface area contributed by atoms with Crippen LogP contribution < -0.4 is 10.2 Å². The first-order chi connectivity index (χ1) is 11.0. The van der Waals surface area contributed by atoms with Gasteiger partial charge < -0.3 is 15.1 Å². The first kappa shape index (κ1) is 17.7. The van der Waals surface area contributed by atoms with Crippen LogP contribution in [0.25, 0.3) is 0 Å². The summed E-state index contributed by atoms with van der Waals surface area (Å²) in [5.41, 5.74) is 0.857. The number of nitrogens with zero attached hydrogens (tertiary/aromatic N) is 5. The Balaban J connectivity index is 2.02. The number of hydrogen-bond acceptors (Lipinski definition) is 4. The lowest BCUT2D eigenvalue weighted by molar-refractivity contribution is -0.120. The van der Waals surface area contributed by atoms with Crippen LogP contribution in [0, 0.1) is 0 Å². The first-order valence-electron chi connectivity index (χ1n) is 7.90. The van der Waals surface area contributed by atoms with Gasteiger partial charge in [0, 0.05) is 38.1 Å². The van der Waals surface area contributed by atoms with E-state index in [1.165, 1.54) is 0 Å². The molecule has 1 aliphatic heterocycles. The molecular formula is C15H26N6OS. The Hall–Kier alpha value is -1.70. The summed E-state index contributed by atoms with van der Waals surface area (Å²) in [5, 5.41) is 7.90. The van der Waals surface area contributed by atoms with Gasteiger partial charge in [-0.15, -0.1) is 0 Å². The molecule has 0 radical (unpaired) electrons. The summed E-state index contributed by atoms with van der Waals surface area (Å²) in [6.07, 6.45) is 5.68. The van der Waals surface area contributed by atoms with Crippen molar-refractivity contribution < 1.29 is 4.79 Å². The zero-order chi connectivity index (χ0) is 16.8. The largest absolute Gasteiger partial charge is 0.357 e. The second-order valence-electron chi connectivity index (χ2n) is 5.58. The summed E-state index contributed by atoms with van der Waals surface area (Å²) >= 11 is 1.79. The summed E-state index contributed by atoms with van der Waals surface area (Å²) in [4.78, 5) is 21.0. The van der Waals surface area contributed by atoms with Gasteiger partial charge in [-0.05, 0) is 13.2 Å². The average Bonchev–Trinajstić information content (AvgIpc) is 2.97. The summed E-state index contributed by atoms with van der Waals surface area (Å²) in [6, 6.07) is 0. The molecule has 1 aromatic heterocycles. The highest BCUT2D eigenvalue weighted by molar-refractivity contribution is 7.99. The predicted molar refractivity (Wildman–Crippen MR) is 96.1 cm³/mol. The van der Waals surface area contributed by atoms with Gasteiger partial charge in [-0.25, -0.2) is 0 Å². The number of guanidine groups is 1. The molecule has 1 fully saturated rings. The third-order valence-electron chi connectivity index (χ3n) is 3.76. The summed E-state index contributed by atoms with van der Waals surface area (Å²) in [7, 11) is 1.85. The molecule has 2 rings (SSSR count). The fraction of sp³-hybridized carbons (Fsp3) is 0.667. The normalized spacial score (nSPS) is 17.6. The van der Waals surface area contributed by atoms with Crippen molar-refractivity contribution in [3.8, 4) is 0 Å². The van der Waals surface area contributed by atoms with E-state index in [1.807, 2.05) is 25.1 Å². The van der Waals surface area contributed by atoms with E-state index in [0.29, 0.717) is 18.3 Å². The van der Waals surface area contributed by atoms with Crippen LogP contribution in [0.4, 0.5) is 5.69 Å². The van der Waals surface area contributed by atoms with Gasteiger partial charge in [0.25, 0.3) is 0 Å². The number of anilines is 1. The van der Waals surface area contributed by atoms with Gasteiger partial charge in [-0.1, -0.05) is 6.92 Å². The number of carbonyl (C=O) groups excluding carboxylic acids is 1. The number of rotatable bonds is 5. The number of carbonyl (C=O) groups is 1. The van der Waals surface area contributed by atoms with Crippen LogP contribution in [0.5, 0.6) is 0 Å². The predicted octanol–water partition coefficient (Wildman–Crippen LogP) is 0.786. The number of nitrogens with one attached hydrogen (secondary N) is 1. The first-order valence-corrected chi connectivity index (χ1v) is 9.19. The minimum Gasteiger partial charge on any atom is -0.357 e. The van der Waals surface area contributed by atoms with Gasteiger partial charge in [0.2, 0.25) is 5.91 Å². The summed E-state index contributed by atoms with van der Waals surface area (Å²) in [6.45, 7) is 7.50. The van der Waals surface area contributed by atoms with Crippen molar-refractivity contribution in [3.63, 3.8) is 0 Å². The SMILES string of the molecule is CCNC(=NCC(C)SC)N1CCN(c2cnn(C)c2)C(=O)C1. The molecule has 1 N–H and O–H groups in total. The second-order valence-corrected chi connectivity index (χ2v) is 6.86. The molecule has 0 saturated carbocycles. The van der Waals surface area contributed by atoms with Crippen molar-refractivity contribution in [1.82, 2.24) is 20.0 Å². The minimum atomic E-state index is 0.0766. The average molecular weight is 338 g/mol. The molecule has 1 saturated heterocycles. The molecule has 1 aliphatic rings. The molecule has 7 nitrogen and oxygen atoms in total. The molecular weight excluding hydrogens is 312 g/mol. The van der Waals surface area contributed by atoms with Crippen molar-refractivity contribution in [2.24, 2.45) is 12.0 Å². The number of thioether (sulfide) groups is 1. The van der Waals surface area contributed by atoms with Gasteiger partial charge >= 0.3 is 0 Å². The lowest BCUT2D eigenvalue weighted by Crippen LogP contribution is -2.55. The molecule has 1 unspecified atom stereocenters. The Bertz CT molecular complexity index is 558. The maximum atomic E-state index is 12.5. The Morgan fingerprint density at radius 3 is 2.87 bits per heavy atom. The maximum absolute atomic E-state index is 12.5. The summed E-state index contributed by atoms with van der Waals surface area (Å²) in [5.74, 6) is 0.903. The van der Waals surface area contributed by atoms with Crippen molar-refractivity contribution in [3.05, 3.63) is 12.4 Å². The van der Waals surface area contributed by atoms with Crippen LogP contribution in [-0.2, 0) is 11.8 Å². The molecule has 128 valence electrons. The van der Waals surface area contributed by atoms with Gasteiger partial charge in [0.1, 0.15) is 6.54 Å². The van der Waals surface area contributed by atoms with E-state index in [4.69, 9.17) is 0 Å². The number of hydrogen-bond donors (Lipinski definition) is 1. The Morgan fingerprint density at radius 2 is 2.30 bits per heavy atom. The smallest absolute Gasteiger partial charge is 0.246 e. The van der Waals surface area contributed by atoms with Gasteiger partial charge in [0.15, 0.2) is 5.96 Å². The molecule has 0 spiro atoms. The van der Waals surface area contributed by atoms with Crippen LogP contribution in [0.1, 0.15) is 13.8 Å². The highest BCUT2D eigenvalue weighted by atomic mass is 32.2. The number of aromatic nitrogens is 2. The van der Waals surface area contributed by atoms with E-state index in [-0.39, 0.29) is 5.91 Å². The van der Waals surface area contributed by atoms with Crippen molar-refractivity contribution in [2.45, 2.75) is 19.1 Å². The third-order valence-corrected chi connectivity index (χ3v) is 4.71. The molecule has 1 aromatic rings. The molecule has 23 heavy (non-hydrogen) atoms. The Morgan fingerprint density at radius 1 is 1.52 bits per heavy atom. The van der Waals surface area contributed by atoms with Crippen LogP contribution >= 0.6 is 11.8 Å². The number of amides is 1. The molecule has 2 heterocycles. The zero-order valence-electron chi connectivity index (χ0n) is 14.3. The molecule has 0 bridgehead atoms. The van der Waals surface area contributed by atoms with Crippen LogP contribution in [-0.4, -0.2) is 70.8 Å². The highest BCUT2D eigenvalue weighted by Crippen LogP contribution is 2.16. The van der Waals surface area contributed by atoms with Crippen molar-refractivity contribution >= 4 is 29.3 Å². The Kier molecular flexibility index (Phi) is 6.32. The fourth-order valence-corrected chi connectivity index (χ4v) is 2.61. The second kappa shape index (κ2) is 8.24. The topological polar surface area (TPSA) is 65.8 Å². The van der Waals surface area contributed by atoms with Gasteiger partial charge in [-0.2, -0.15) is 16.9 Å². The molecule has 0 aromatic carbocycles. The summed E-state index contributed by atoms with van der Waals surface area (Å²) < 4.78 is 1.71. The maximum Gasteiger partial charge on any atom is 0.246 e. The van der Waals surface area contributed by atoms with E-state index in [0.717, 1.165) is 31.3 Å². The van der Waals surface area contributed by atoms with E-state index in [9.17, 15) is 4.79 Å². The number of piperazine rings is 1. The number of aryl methyl sites for hydroxylation is 1. The molecule has 1 amide bonds. The van der Waals surface area contributed by atoms with E-state index in [1.54, 1.807) is 27.5 Å². The van der Waals surface area contributed by atoms with Gasteiger partial charge in [0.05, 0.1) is 18.4 Å². The van der Waals surface area contributed by atoms with Crippen LogP contribution in [0.3, 0.4) is 0 Å². The van der Waals surface area contributed by atoms with Crippen molar-refractivity contribution in [1.29, 1.82) is 0 Å².